The highest BCUT2D eigenvalue weighted by Gasteiger charge is 1.97. The third-order valence-electron chi connectivity index (χ3n) is 2.38. The molecule has 0 spiro atoms. The summed E-state index contributed by atoms with van der Waals surface area (Å²) in [6, 6.07) is 2.08. The number of anilines is 1. The lowest BCUT2D eigenvalue weighted by molar-refractivity contribution is 0.748. The van der Waals surface area contributed by atoms with Gasteiger partial charge < -0.3 is 5.32 Å². The van der Waals surface area contributed by atoms with Gasteiger partial charge in [-0.2, -0.15) is 11.8 Å². The molecule has 0 aromatic carbocycles. The van der Waals surface area contributed by atoms with E-state index in [1.54, 1.807) is 0 Å². The Morgan fingerprint density at radius 2 is 2.19 bits per heavy atom. The number of hydrogen-bond acceptors (Lipinski definition) is 3. The molecule has 0 fully saturated rings. The van der Waals surface area contributed by atoms with Crippen LogP contribution in [-0.4, -0.2) is 23.5 Å². The minimum atomic E-state index is 0.977. The van der Waals surface area contributed by atoms with Crippen LogP contribution in [0, 0.1) is 6.92 Å². The summed E-state index contributed by atoms with van der Waals surface area (Å²) in [5, 5.41) is 3.35. The van der Waals surface area contributed by atoms with Gasteiger partial charge in [0.25, 0.3) is 0 Å². The van der Waals surface area contributed by atoms with Gasteiger partial charge in [0.05, 0.1) is 0 Å². The van der Waals surface area contributed by atoms with Crippen molar-refractivity contribution in [3.05, 3.63) is 22.3 Å². The van der Waals surface area contributed by atoms with Crippen molar-refractivity contribution in [3.8, 4) is 0 Å². The number of rotatable bonds is 7. The zero-order valence-corrected chi connectivity index (χ0v) is 12.3. The standard InChI is InChI=1S/C12H19BrN2S/c1-10-8-12(15-9-11(10)13)14-6-4-3-5-7-16-2/h8-9H,3-7H2,1-2H3,(H,14,15). The van der Waals surface area contributed by atoms with Gasteiger partial charge >= 0.3 is 0 Å². The topological polar surface area (TPSA) is 24.9 Å². The Morgan fingerprint density at radius 3 is 2.88 bits per heavy atom. The van der Waals surface area contributed by atoms with Gasteiger partial charge in [0.2, 0.25) is 0 Å². The zero-order valence-electron chi connectivity index (χ0n) is 9.92. The van der Waals surface area contributed by atoms with Crippen molar-refractivity contribution in [2.45, 2.75) is 26.2 Å². The van der Waals surface area contributed by atoms with Crippen molar-refractivity contribution in [1.29, 1.82) is 0 Å². The van der Waals surface area contributed by atoms with Gasteiger partial charge in [-0.3, -0.25) is 0 Å². The summed E-state index contributed by atoms with van der Waals surface area (Å²) in [6.45, 7) is 3.10. The minimum absolute atomic E-state index is 0.977. The molecule has 2 nitrogen and oxygen atoms in total. The summed E-state index contributed by atoms with van der Waals surface area (Å²) in [4.78, 5) is 4.31. The summed E-state index contributed by atoms with van der Waals surface area (Å²) < 4.78 is 1.07. The largest absolute Gasteiger partial charge is 0.370 e. The fourth-order valence-electron chi connectivity index (χ4n) is 1.40. The number of pyridine rings is 1. The van der Waals surface area contributed by atoms with Crippen LogP contribution in [0.25, 0.3) is 0 Å². The van der Waals surface area contributed by atoms with E-state index in [0.29, 0.717) is 0 Å². The molecule has 1 aromatic heterocycles. The summed E-state index contributed by atoms with van der Waals surface area (Å²) in [7, 11) is 0. The molecule has 0 saturated heterocycles. The average Bonchev–Trinajstić information content (AvgIpc) is 2.28. The zero-order chi connectivity index (χ0) is 11.8. The molecule has 0 unspecified atom stereocenters. The second kappa shape index (κ2) is 7.96. The van der Waals surface area contributed by atoms with Crippen LogP contribution in [0.5, 0.6) is 0 Å². The van der Waals surface area contributed by atoms with Crippen LogP contribution in [0.3, 0.4) is 0 Å². The second-order valence-electron chi connectivity index (χ2n) is 3.80. The smallest absolute Gasteiger partial charge is 0.126 e. The molecular weight excluding hydrogens is 284 g/mol. The van der Waals surface area contributed by atoms with Crippen LogP contribution in [0.2, 0.25) is 0 Å². The first kappa shape index (κ1) is 13.8. The number of thioether (sulfide) groups is 1. The van der Waals surface area contributed by atoms with Crippen molar-refractivity contribution in [2.75, 3.05) is 23.9 Å². The van der Waals surface area contributed by atoms with Crippen molar-refractivity contribution in [3.63, 3.8) is 0 Å². The van der Waals surface area contributed by atoms with Crippen molar-refractivity contribution >= 4 is 33.5 Å². The first-order chi connectivity index (χ1) is 7.74. The maximum absolute atomic E-state index is 4.31. The molecule has 0 bridgehead atoms. The van der Waals surface area contributed by atoms with E-state index in [4.69, 9.17) is 0 Å². The highest BCUT2D eigenvalue weighted by molar-refractivity contribution is 9.10. The number of unbranched alkanes of at least 4 members (excludes halogenated alkanes) is 2. The normalized spacial score (nSPS) is 10.4. The molecular formula is C12H19BrN2S. The molecule has 1 heterocycles. The Bertz CT molecular complexity index is 318. The highest BCUT2D eigenvalue weighted by Crippen LogP contribution is 2.17. The van der Waals surface area contributed by atoms with Gasteiger partial charge in [-0.05, 0) is 59.3 Å². The molecule has 0 amide bonds. The number of nitrogens with zero attached hydrogens (tertiary/aromatic N) is 1. The Hall–Kier alpha value is -0.220. The molecule has 90 valence electrons. The number of aryl methyl sites for hydroxylation is 1. The SMILES string of the molecule is CSCCCCCNc1cc(C)c(Br)cn1. The average molecular weight is 303 g/mol. The fraction of sp³-hybridized carbons (Fsp3) is 0.583. The van der Waals surface area contributed by atoms with E-state index in [2.05, 4.69) is 45.5 Å². The number of hydrogen-bond donors (Lipinski definition) is 1. The molecule has 1 rings (SSSR count). The Labute approximate surface area is 111 Å². The molecule has 16 heavy (non-hydrogen) atoms. The lowest BCUT2D eigenvalue weighted by Crippen LogP contribution is -2.03. The summed E-state index contributed by atoms with van der Waals surface area (Å²) >= 11 is 5.37. The number of halogens is 1. The predicted octanol–water partition coefficient (Wildman–Crippen LogP) is 4.10. The highest BCUT2D eigenvalue weighted by atomic mass is 79.9. The minimum Gasteiger partial charge on any atom is -0.370 e. The maximum Gasteiger partial charge on any atom is 0.126 e. The van der Waals surface area contributed by atoms with Crippen molar-refractivity contribution in [2.24, 2.45) is 0 Å². The van der Waals surface area contributed by atoms with Crippen molar-refractivity contribution < 1.29 is 0 Å². The van der Waals surface area contributed by atoms with Gasteiger partial charge in [0, 0.05) is 17.2 Å². The Kier molecular flexibility index (Phi) is 6.88. The van der Waals surface area contributed by atoms with E-state index in [-0.39, 0.29) is 0 Å². The van der Waals surface area contributed by atoms with Crippen molar-refractivity contribution in [1.82, 2.24) is 4.98 Å². The van der Waals surface area contributed by atoms with Crippen LogP contribution >= 0.6 is 27.7 Å². The molecule has 1 N–H and O–H groups in total. The van der Waals surface area contributed by atoms with Crippen LogP contribution in [-0.2, 0) is 0 Å². The molecule has 0 atom stereocenters. The van der Waals surface area contributed by atoms with E-state index in [0.717, 1.165) is 16.8 Å². The van der Waals surface area contributed by atoms with Gasteiger partial charge in [0.1, 0.15) is 5.82 Å². The lowest BCUT2D eigenvalue weighted by Gasteiger charge is -2.06. The maximum atomic E-state index is 4.31. The Morgan fingerprint density at radius 1 is 1.38 bits per heavy atom. The van der Waals surface area contributed by atoms with Gasteiger partial charge in [0.15, 0.2) is 0 Å². The third kappa shape index (κ3) is 5.21. The molecule has 0 radical (unpaired) electrons. The van der Waals surface area contributed by atoms with Crippen LogP contribution in [0.4, 0.5) is 5.82 Å². The molecule has 0 aliphatic rings. The first-order valence-electron chi connectivity index (χ1n) is 5.59. The monoisotopic (exact) mass is 302 g/mol. The Balaban J connectivity index is 2.19. The van der Waals surface area contributed by atoms with Gasteiger partial charge in [-0.1, -0.05) is 6.42 Å². The van der Waals surface area contributed by atoms with E-state index in [1.165, 1.54) is 30.6 Å². The van der Waals surface area contributed by atoms with E-state index in [1.807, 2.05) is 18.0 Å². The molecule has 0 aliphatic carbocycles. The quantitative estimate of drug-likeness (QED) is 0.768. The summed E-state index contributed by atoms with van der Waals surface area (Å²) in [5.74, 6) is 2.25. The molecule has 4 heteroatoms. The van der Waals surface area contributed by atoms with Crippen LogP contribution < -0.4 is 5.32 Å². The molecule has 1 aromatic rings. The number of nitrogens with one attached hydrogen (secondary N) is 1. The predicted molar refractivity (Wildman–Crippen MR) is 77.4 cm³/mol. The lowest BCUT2D eigenvalue weighted by atomic mass is 10.2. The molecule has 0 aliphatic heterocycles. The molecule has 0 saturated carbocycles. The number of aromatic nitrogens is 1. The van der Waals surface area contributed by atoms with E-state index in [9.17, 15) is 0 Å². The summed E-state index contributed by atoms with van der Waals surface area (Å²) in [6.07, 6.45) is 7.84. The second-order valence-corrected chi connectivity index (χ2v) is 5.64. The summed E-state index contributed by atoms with van der Waals surface area (Å²) in [5.41, 5.74) is 1.22. The first-order valence-corrected chi connectivity index (χ1v) is 7.77. The van der Waals surface area contributed by atoms with Crippen LogP contribution in [0.1, 0.15) is 24.8 Å². The van der Waals surface area contributed by atoms with Gasteiger partial charge in [-0.15, -0.1) is 0 Å². The fourth-order valence-corrected chi connectivity index (χ4v) is 2.11. The van der Waals surface area contributed by atoms with E-state index < -0.39 is 0 Å². The van der Waals surface area contributed by atoms with Gasteiger partial charge in [-0.25, -0.2) is 4.98 Å². The van der Waals surface area contributed by atoms with E-state index >= 15 is 0 Å². The van der Waals surface area contributed by atoms with Crippen LogP contribution in [0.15, 0.2) is 16.7 Å². The third-order valence-corrected chi connectivity index (χ3v) is 3.91.